The van der Waals surface area contributed by atoms with E-state index in [4.69, 9.17) is 5.73 Å². The lowest BCUT2D eigenvalue weighted by molar-refractivity contribution is -0.114. The summed E-state index contributed by atoms with van der Waals surface area (Å²) < 4.78 is 0. The highest BCUT2D eigenvalue weighted by Gasteiger charge is 2.13. The first kappa shape index (κ1) is 6.88. The maximum Gasteiger partial charge on any atom is 0.292 e. The van der Waals surface area contributed by atoms with Crippen LogP contribution in [0.4, 0.5) is 0 Å². The Labute approximate surface area is 60.7 Å². The summed E-state index contributed by atoms with van der Waals surface area (Å²) in [7, 11) is 0. The molecule has 0 aliphatic carbocycles. The highest BCUT2D eigenvalue weighted by molar-refractivity contribution is 7.12. The Morgan fingerprint density at radius 1 is 1.60 bits per heavy atom. The Hall–Kier alpha value is -1.23. The summed E-state index contributed by atoms with van der Waals surface area (Å²) in [5.41, 5.74) is 4.71. The molecule has 1 heterocycles. The Bertz CT molecular complexity index is 255. The number of rotatable bonds is 2. The molecule has 1 aromatic heterocycles. The fraction of sp³-hybridized carbons (Fsp3) is 0. The highest BCUT2D eigenvalue weighted by atomic mass is 32.1. The molecule has 10 heavy (non-hydrogen) atoms. The number of aromatic nitrogens is 1. The van der Waals surface area contributed by atoms with Crippen molar-refractivity contribution in [1.29, 1.82) is 0 Å². The minimum Gasteiger partial charge on any atom is -0.363 e. The molecule has 4 nitrogen and oxygen atoms in total. The van der Waals surface area contributed by atoms with Gasteiger partial charge in [-0.2, -0.15) is 0 Å². The van der Waals surface area contributed by atoms with E-state index >= 15 is 0 Å². The number of hydrogen-bond donors (Lipinski definition) is 1. The number of nitrogens with zero attached hydrogens (tertiary/aromatic N) is 1. The van der Waals surface area contributed by atoms with Crippen molar-refractivity contribution in [3.05, 3.63) is 16.6 Å². The normalized spacial score (nSPS) is 9.20. The maximum atomic E-state index is 10.7. The van der Waals surface area contributed by atoms with E-state index in [9.17, 15) is 9.59 Å². The number of nitrogens with two attached hydrogens (primary N) is 1. The number of carbonyl (C=O) groups excluding carboxylic acids is 2. The number of hydrogen-bond acceptors (Lipinski definition) is 4. The van der Waals surface area contributed by atoms with Crippen LogP contribution < -0.4 is 5.73 Å². The summed E-state index contributed by atoms with van der Waals surface area (Å²) in [6, 6.07) is 0. The molecule has 0 saturated heterocycles. The van der Waals surface area contributed by atoms with Gasteiger partial charge >= 0.3 is 0 Å². The van der Waals surface area contributed by atoms with Crippen molar-refractivity contribution >= 4 is 23.0 Å². The van der Waals surface area contributed by atoms with Gasteiger partial charge in [0.15, 0.2) is 5.01 Å². The van der Waals surface area contributed by atoms with E-state index < -0.39 is 11.7 Å². The number of Topliss-reactive ketones (excluding diaryl/α,β-unsaturated/α-hetero) is 1. The second kappa shape index (κ2) is 2.57. The van der Waals surface area contributed by atoms with Gasteiger partial charge in [0.1, 0.15) is 0 Å². The summed E-state index contributed by atoms with van der Waals surface area (Å²) in [5, 5.41) is 1.75. The van der Waals surface area contributed by atoms with E-state index in [1.165, 1.54) is 6.20 Å². The first-order valence-corrected chi connectivity index (χ1v) is 3.33. The Kier molecular flexibility index (Phi) is 1.77. The van der Waals surface area contributed by atoms with Gasteiger partial charge in [-0.3, -0.25) is 9.59 Å². The molecule has 1 aromatic rings. The fourth-order valence-electron chi connectivity index (χ4n) is 0.441. The molecule has 0 fully saturated rings. The van der Waals surface area contributed by atoms with Crippen molar-refractivity contribution in [2.45, 2.75) is 0 Å². The predicted molar refractivity (Wildman–Crippen MR) is 35.6 cm³/mol. The molecule has 0 unspecified atom stereocenters. The van der Waals surface area contributed by atoms with E-state index in [0.717, 1.165) is 11.3 Å². The molecule has 0 aliphatic heterocycles. The van der Waals surface area contributed by atoms with E-state index in [2.05, 4.69) is 4.98 Å². The molecule has 0 spiro atoms. The third-order valence-corrected chi connectivity index (χ3v) is 1.62. The van der Waals surface area contributed by atoms with Crippen LogP contribution in [0.5, 0.6) is 0 Å². The molecular formula is C5H4N2O2S. The lowest BCUT2D eigenvalue weighted by atomic mass is 10.4. The van der Waals surface area contributed by atoms with Crippen molar-refractivity contribution in [1.82, 2.24) is 4.98 Å². The number of thiazole rings is 1. The SMILES string of the molecule is NC(=O)C(=O)c1nccs1. The van der Waals surface area contributed by atoms with Gasteiger partial charge in [0.25, 0.3) is 11.7 Å². The quantitative estimate of drug-likeness (QED) is 0.476. The average Bonchev–Trinajstić information content (AvgIpc) is 2.36. The maximum absolute atomic E-state index is 10.7. The zero-order valence-electron chi connectivity index (χ0n) is 4.90. The van der Waals surface area contributed by atoms with Crippen LogP contribution >= 0.6 is 11.3 Å². The topological polar surface area (TPSA) is 73.1 Å². The monoisotopic (exact) mass is 156 g/mol. The molecule has 5 heteroatoms. The molecular weight excluding hydrogens is 152 g/mol. The van der Waals surface area contributed by atoms with Crippen LogP contribution in [0.2, 0.25) is 0 Å². The summed E-state index contributed by atoms with van der Waals surface area (Å²) in [5.74, 6) is -1.69. The van der Waals surface area contributed by atoms with Gasteiger partial charge in [-0.1, -0.05) is 0 Å². The van der Waals surface area contributed by atoms with Crippen LogP contribution in [0.1, 0.15) is 9.80 Å². The smallest absolute Gasteiger partial charge is 0.292 e. The second-order valence-corrected chi connectivity index (χ2v) is 2.43. The predicted octanol–water partition coefficient (Wildman–Crippen LogP) is -0.189. The van der Waals surface area contributed by atoms with Crippen LogP contribution in [-0.4, -0.2) is 16.7 Å². The fourth-order valence-corrected chi connectivity index (χ4v) is 1.02. The van der Waals surface area contributed by atoms with Crippen LogP contribution in [-0.2, 0) is 4.79 Å². The van der Waals surface area contributed by atoms with Gasteiger partial charge in [-0.25, -0.2) is 4.98 Å². The summed E-state index contributed by atoms with van der Waals surface area (Å²) in [4.78, 5) is 24.5. The Morgan fingerprint density at radius 2 is 2.30 bits per heavy atom. The average molecular weight is 156 g/mol. The zero-order valence-corrected chi connectivity index (χ0v) is 5.72. The van der Waals surface area contributed by atoms with Gasteiger partial charge in [0, 0.05) is 11.6 Å². The van der Waals surface area contributed by atoms with Crippen molar-refractivity contribution in [3.63, 3.8) is 0 Å². The number of ketones is 1. The highest BCUT2D eigenvalue weighted by Crippen LogP contribution is 2.03. The molecule has 0 bridgehead atoms. The molecule has 52 valence electrons. The van der Waals surface area contributed by atoms with Gasteiger partial charge in [-0.15, -0.1) is 11.3 Å². The van der Waals surface area contributed by atoms with Crippen LogP contribution in [0.3, 0.4) is 0 Å². The molecule has 0 saturated carbocycles. The Morgan fingerprint density at radius 3 is 2.70 bits per heavy atom. The molecule has 0 aliphatic rings. The van der Waals surface area contributed by atoms with Crippen LogP contribution in [0.25, 0.3) is 0 Å². The van der Waals surface area contributed by atoms with E-state index in [-0.39, 0.29) is 5.01 Å². The first-order chi connectivity index (χ1) is 4.72. The third kappa shape index (κ3) is 1.19. The minimum atomic E-state index is -0.963. The van der Waals surface area contributed by atoms with E-state index in [1.807, 2.05) is 0 Å². The van der Waals surface area contributed by atoms with Crippen LogP contribution in [0, 0.1) is 0 Å². The lowest BCUT2D eigenvalue weighted by Gasteiger charge is -1.84. The number of primary amides is 1. The van der Waals surface area contributed by atoms with Crippen molar-refractivity contribution in [3.8, 4) is 0 Å². The molecule has 1 amide bonds. The second-order valence-electron chi connectivity index (χ2n) is 1.53. The summed E-state index contributed by atoms with van der Waals surface area (Å²) in [6.07, 6.45) is 1.45. The zero-order chi connectivity index (χ0) is 7.56. The van der Waals surface area contributed by atoms with Gasteiger partial charge in [0.2, 0.25) is 0 Å². The van der Waals surface area contributed by atoms with Crippen LogP contribution in [0.15, 0.2) is 11.6 Å². The van der Waals surface area contributed by atoms with Crippen molar-refractivity contribution < 1.29 is 9.59 Å². The third-order valence-electron chi connectivity index (χ3n) is 0.850. The van der Waals surface area contributed by atoms with Gasteiger partial charge in [0.05, 0.1) is 0 Å². The molecule has 0 atom stereocenters. The molecule has 2 N–H and O–H groups in total. The summed E-state index contributed by atoms with van der Waals surface area (Å²) >= 11 is 1.10. The minimum absolute atomic E-state index is 0.146. The standard InChI is InChI=1S/C5H4N2O2S/c6-4(9)3(8)5-7-1-2-10-5/h1-2H,(H2,6,9). The summed E-state index contributed by atoms with van der Waals surface area (Å²) in [6.45, 7) is 0. The van der Waals surface area contributed by atoms with E-state index in [1.54, 1.807) is 5.38 Å². The number of amides is 1. The first-order valence-electron chi connectivity index (χ1n) is 2.45. The van der Waals surface area contributed by atoms with Gasteiger partial charge in [-0.05, 0) is 0 Å². The Balaban J connectivity index is 2.88. The van der Waals surface area contributed by atoms with Gasteiger partial charge < -0.3 is 5.73 Å². The largest absolute Gasteiger partial charge is 0.363 e. The molecule has 0 aromatic carbocycles. The lowest BCUT2D eigenvalue weighted by Crippen LogP contribution is -2.22. The van der Waals surface area contributed by atoms with Crippen molar-refractivity contribution in [2.75, 3.05) is 0 Å². The van der Waals surface area contributed by atoms with Crippen molar-refractivity contribution in [2.24, 2.45) is 5.73 Å². The van der Waals surface area contributed by atoms with E-state index in [0.29, 0.717) is 0 Å². The molecule has 1 rings (SSSR count). The molecule has 0 radical (unpaired) electrons. The number of carbonyl (C=O) groups is 2.